The van der Waals surface area contributed by atoms with Crippen molar-refractivity contribution in [1.82, 2.24) is 16.2 Å². The Morgan fingerprint density at radius 3 is 2.43 bits per heavy atom. The van der Waals surface area contributed by atoms with Gasteiger partial charge in [0, 0.05) is 4.88 Å². The standard InChI is InChI=1S/C19H16FN3O4S/c1-11(21-18(25)14-3-2-10-27-14)17(24)22-23-19(26)16-9-8-15(28-16)12-4-6-13(20)7-5-12/h2-11H,1H3,(H,21,25)(H,22,24)(H,23,26). The van der Waals surface area contributed by atoms with Crippen LogP contribution in [0.4, 0.5) is 4.39 Å². The van der Waals surface area contributed by atoms with E-state index in [4.69, 9.17) is 4.42 Å². The molecule has 0 radical (unpaired) electrons. The fraction of sp³-hybridized carbons (Fsp3) is 0.105. The molecule has 0 fully saturated rings. The average molecular weight is 401 g/mol. The summed E-state index contributed by atoms with van der Waals surface area (Å²) in [5.74, 6) is -1.90. The first kappa shape index (κ1) is 19.3. The zero-order valence-corrected chi connectivity index (χ0v) is 15.5. The van der Waals surface area contributed by atoms with E-state index >= 15 is 0 Å². The molecule has 3 N–H and O–H groups in total. The summed E-state index contributed by atoms with van der Waals surface area (Å²) >= 11 is 1.20. The summed E-state index contributed by atoms with van der Waals surface area (Å²) < 4.78 is 17.9. The van der Waals surface area contributed by atoms with Crippen LogP contribution in [0.5, 0.6) is 0 Å². The predicted molar refractivity (Wildman–Crippen MR) is 101 cm³/mol. The van der Waals surface area contributed by atoms with Gasteiger partial charge in [0.1, 0.15) is 11.9 Å². The molecule has 0 aliphatic rings. The van der Waals surface area contributed by atoms with E-state index in [0.717, 1.165) is 10.4 Å². The first-order chi connectivity index (χ1) is 13.4. The maximum atomic E-state index is 13.0. The zero-order valence-electron chi connectivity index (χ0n) is 14.7. The van der Waals surface area contributed by atoms with E-state index in [-0.39, 0.29) is 11.6 Å². The van der Waals surface area contributed by atoms with Crippen LogP contribution in [-0.4, -0.2) is 23.8 Å². The number of amides is 3. The Kier molecular flexibility index (Phi) is 5.85. The molecule has 0 aliphatic carbocycles. The molecule has 3 rings (SSSR count). The topological polar surface area (TPSA) is 100 Å². The van der Waals surface area contributed by atoms with Gasteiger partial charge in [-0.2, -0.15) is 0 Å². The first-order valence-corrected chi connectivity index (χ1v) is 9.06. The third kappa shape index (κ3) is 4.63. The predicted octanol–water partition coefficient (Wildman–Crippen LogP) is 2.73. The Hall–Kier alpha value is -3.46. The number of carbonyl (C=O) groups excluding carboxylic acids is 3. The monoisotopic (exact) mass is 401 g/mol. The molecule has 0 saturated heterocycles. The highest BCUT2D eigenvalue weighted by Gasteiger charge is 2.19. The molecule has 3 aromatic rings. The normalized spacial score (nSPS) is 11.5. The summed E-state index contributed by atoms with van der Waals surface area (Å²) in [6.45, 7) is 1.47. The molecule has 7 nitrogen and oxygen atoms in total. The van der Waals surface area contributed by atoms with E-state index in [9.17, 15) is 18.8 Å². The number of nitrogens with one attached hydrogen (secondary N) is 3. The van der Waals surface area contributed by atoms with E-state index in [0.29, 0.717) is 4.88 Å². The lowest BCUT2D eigenvalue weighted by Gasteiger charge is -2.13. The molecule has 9 heteroatoms. The van der Waals surface area contributed by atoms with Crippen LogP contribution in [0, 0.1) is 5.82 Å². The summed E-state index contributed by atoms with van der Waals surface area (Å²) in [4.78, 5) is 37.2. The summed E-state index contributed by atoms with van der Waals surface area (Å²) in [6, 6.07) is 11.4. The fourth-order valence-electron chi connectivity index (χ4n) is 2.26. The highest BCUT2D eigenvalue weighted by Crippen LogP contribution is 2.28. The van der Waals surface area contributed by atoms with Gasteiger partial charge in [-0.3, -0.25) is 25.2 Å². The van der Waals surface area contributed by atoms with Gasteiger partial charge in [0.15, 0.2) is 5.76 Å². The molecule has 3 amide bonds. The third-order valence-corrected chi connectivity index (χ3v) is 4.88. The van der Waals surface area contributed by atoms with Crippen molar-refractivity contribution >= 4 is 29.1 Å². The summed E-state index contributed by atoms with van der Waals surface area (Å²) in [5, 5.41) is 2.45. The Morgan fingerprint density at radius 2 is 1.75 bits per heavy atom. The van der Waals surface area contributed by atoms with Crippen LogP contribution >= 0.6 is 11.3 Å². The lowest BCUT2D eigenvalue weighted by molar-refractivity contribution is -0.123. The van der Waals surface area contributed by atoms with Crippen LogP contribution in [0.1, 0.15) is 27.2 Å². The molecule has 0 aliphatic heterocycles. The number of halogens is 1. The maximum absolute atomic E-state index is 13.0. The van der Waals surface area contributed by atoms with E-state index < -0.39 is 23.8 Å². The van der Waals surface area contributed by atoms with Crippen molar-refractivity contribution in [3.8, 4) is 10.4 Å². The zero-order chi connectivity index (χ0) is 20.1. The van der Waals surface area contributed by atoms with Gasteiger partial charge >= 0.3 is 0 Å². The number of furan rings is 1. The van der Waals surface area contributed by atoms with Crippen LogP contribution in [0.25, 0.3) is 10.4 Å². The molecule has 144 valence electrons. The number of hydrogen-bond acceptors (Lipinski definition) is 5. The third-order valence-electron chi connectivity index (χ3n) is 3.74. The van der Waals surface area contributed by atoms with Crippen LogP contribution in [0.15, 0.2) is 59.2 Å². The molecule has 1 aromatic carbocycles. The van der Waals surface area contributed by atoms with Gasteiger partial charge < -0.3 is 9.73 Å². The molecule has 1 unspecified atom stereocenters. The van der Waals surface area contributed by atoms with Gasteiger partial charge in [-0.25, -0.2) is 4.39 Å². The van der Waals surface area contributed by atoms with E-state index in [1.165, 1.54) is 42.7 Å². The fourth-order valence-corrected chi connectivity index (χ4v) is 3.17. The van der Waals surface area contributed by atoms with Crippen LogP contribution in [0.2, 0.25) is 0 Å². The lowest BCUT2D eigenvalue weighted by atomic mass is 10.2. The van der Waals surface area contributed by atoms with Gasteiger partial charge in [-0.15, -0.1) is 11.3 Å². The summed E-state index contributed by atoms with van der Waals surface area (Å²) in [6.07, 6.45) is 1.35. The second-order valence-corrected chi connectivity index (χ2v) is 6.87. The highest BCUT2D eigenvalue weighted by atomic mass is 32.1. The van der Waals surface area contributed by atoms with Crippen molar-refractivity contribution in [3.63, 3.8) is 0 Å². The molecular formula is C19H16FN3O4S. The van der Waals surface area contributed by atoms with Crippen LogP contribution < -0.4 is 16.2 Å². The van der Waals surface area contributed by atoms with Gasteiger partial charge in [0.2, 0.25) is 0 Å². The average Bonchev–Trinajstić information content (AvgIpc) is 3.38. The van der Waals surface area contributed by atoms with Crippen molar-refractivity contribution < 1.29 is 23.2 Å². The van der Waals surface area contributed by atoms with Crippen LogP contribution in [-0.2, 0) is 4.79 Å². The molecule has 1 atom stereocenters. The molecular weight excluding hydrogens is 385 g/mol. The number of hydrazine groups is 1. The largest absolute Gasteiger partial charge is 0.459 e. The van der Waals surface area contributed by atoms with E-state index in [2.05, 4.69) is 16.2 Å². The molecule has 0 saturated carbocycles. The van der Waals surface area contributed by atoms with Crippen molar-refractivity contribution in [2.24, 2.45) is 0 Å². The Labute approximate surface area is 163 Å². The van der Waals surface area contributed by atoms with Crippen molar-refractivity contribution in [3.05, 3.63) is 71.2 Å². The smallest absolute Gasteiger partial charge is 0.287 e. The minimum Gasteiger partial charge on any atom is -0.459 e. The second-order valence-electron chi connectivity index (χ2n) is 5.79. The van der Waals surface area contributed by atoms with Crippen molar-refractivity contribution in [2.45, 2.75) is 13.0 Å². The molecule has 2 aromatic heterocycles. The van der Waals surface area contributed by atoms with E-state index in [1.807, 2.05) is 0 Å². The Bertz CT molecular complexity index is 983. The molecule has 2 heterocycles. The Balaban J connectivity index is 1.53. The lowest BCUT2D eigenvalue weighted by Crippen LogP contribution is -2.50. The van der Waals surface area contributed by atoms with Gasteiger partial charge in [-0.05, 0) is 48.9 Å². The summed E-state index contributed by atoms with van der Waals surface area (Å²) in [5.41, 5.74) is 5.34. The van der Waals surface area contributed by atoms with E-state index in [1.54, 1.807) is 30.3 Å². The first-order valence-electron chi connectivity index (χ1n) is 8.24. The number of benzene rings is 1. The van der Waals surface area contributed by atoms with Gasteiger partial charge in [-0.1, -0.05) is 12.1 Å². The number of hydrogen-bond donors (Lipinski definition) is 3. The quantitative estimate of drug-likeness (QED) is 0.572. The van der Waals surface area contributed by atoms with Crippen molar-refractivity contribution in [2.75, 3.05) is 0 Å². The van der Waals surface area contributed by atoms with Gasteiger partial charge in [0.25, 0.3) is 17.7 Å². The number of carbonyl (C=O) groups is 3. The van der Waals surface area contributed by atoms with Crippen molar-refractivity contribution in [1.29, 1.82) is 0 Å². The number of rotatable bonds is 5. The molecule has 0 bridgehead atoms. The molecule has 0 spiro atoms. The summed E-state index contributed by atoms with van der Waals surface area (Å²) in [7, 11) is 0. The van der Waals surface area contributed by atoms with Gasteiger partial charge in [0.05, 0.1) is 11.1 Å². The minimum atomic E-state index is -0.893. The maximum Gasteiger partial charge on any atom is 0.287 e. The Morgan fingerprint density at radius 1 is 1.00 bits per heavy atom. The second kappa shape index (κ2) is 8.49. The number of thiophene rings is 1. The van der Waals surface area contributed by atoms with Crippen LogP contribution in [0.3, 0.4) is 0 Å². The minimum absolute atomic E-state index is 0.0793. The molecule has 28 heavy (non-hydrogen) atoms. The highest BCUT2D eigenvalue weighted by molar-refractivity contribution is 7.17. The SMILES string of the molecule is CC(NC(=O)c1ccco1)C(=O)NNC(=O)c1ccc(-c2ccc(F)cc2)s1.